The molecular weight excluding hydrogens is 301 g/mol. The Morgan fingerprint density at radius 1 is 1.50 bits per heavy atom. The van der Waals surface area contributed by atoms with Gasteiger partial charge >= 0.3 is 12.1 Å². The van der Waals surface area contributed by atoms with Crippen LogP contribution in [0.2, 0.25) is 5.15 Å². The summed E-state index contributed by atoms with van der Waals surface area (Å²) in [4.78, 5) is 22.9. The summed E-state index contributed by atoms with van der Waals surface area (Å²) in [6.45, 7) is 3.35. The van der Waals surface area contributed by atoms with Crippen LogP contribution in [0.3, 0.4) is 0 Å². The molecule has 1 atom stereocenters. The Bertz CT molecular complexity index is 569. The van der Waals surface area contributed by atoms with Crippen molar-refractivity contribution in [2.45, 2.75) is 32.5 Å². The molecule has 1 unspecified atom stereocenters. The fraction of sp³-hybridized carbons (Fsp3) is 0.545. The Balaban J connectivity index is 3.47. The molecule has 20 heavy (non-hydrogen) atoms. The molecule has 1 heterocycles. The molecule has 0 aromatic carbocycles. The van der Waals surface area contributed by atoms with Crippen molar-refractivity contribution in [2.24, 2.45) is 5.92 Å². The molecule has 0 spiro atoms. The minimum atomic E-state index is -4.92. The summed E-state index contributed by atoms with van der Waals surface area (Å²) in [5, 5.41) is 11.9. The third kappa shape index (κ3) is 3.72. The molecule has 112 valence electrons. The molecule has 1 aromatic heterocycles. The molecular formula is C11H12ClF3N2O3. The smallest absolute Gasteiger partial charge is 0.421 e. The van der Waals surface area contributed by atoms with Crippen LogP contribution in [0.1, 0.15) is 31.9 Å². The standard InChI is InChI=1S/C11H12ClF3N2O3/c1-5(2)3-7(10(19)20)17-9(18)6(11(13,14)15)4-8(12)16-17/h4-5,7H,3H2,1-2H3,(H,19,20). The van der Waals surface area contributed by atoms with Gasteiger partial charge in [0.15, 0.2) is 11.2 Å². The van der Waals surface area contributed by atoms with E-state index in [1.807, 2.05) is 0 Å². The zero-order chi connectivity index (χ0) is 15.7. The first-order valence-corrected chi connectivity index (χ1v) is 6.01. The second kappa shape index (κ2) is 5.82. The van der Waals surface area contributed by atoms with E-state index in [2.05, 4.69) is 5.10 Å². The minimum absolute atomic E-state index is 0.0418. The highest BCUT2D eigenvalue weighted by Crippen LogP contribution is 2.28. The Kier molecular flexibility index (Phi) is 4.80. The molecule has 5 nitrogen and oxygen atoms in total. The van der Waals surface area contributed by atoms with Crippen LogP contribution in [0.5, 0.6) is 0 Å². The number of aliphatic carboxylic acids is 1. The highest BCUT2D eigenvalue weighted by Gasteiger charge is 2.37. The van der Waals surface area contributed by atoms with E-state index in [0.717, 1.165) is 0 Å². The lowest BCUT2D eigenvalue weighted by atomic mass is 10.0. The van der Waals surface area contributed by atoms with Crippen molar-refractivity contribution in [3.8, 4) is 0 Å². The summed E-state index contributed by atoms with van der Waals surface area (Å²) in [6.07, 6.45) is -4.97. The average molecular weight is 313 g/mol. The fourth-order valence-electron chi connectivity index (χ4n) is 1.65. The first kappa shape index (κ1) is 16.5. The Labute approximate surface area is 117 Å². The van der Waals surface area contributed by atoms with Crippen molar-refractivity contribution in [1.29, 1.82) is 0 Å². The number of hydrogen-bond acceptors (Lipinski definition) is 3. The number of rotatable bonds is 4. The number of carboxylic acid groups (broad SMARTS) is 1. The molecule has 0 aliphatic rings. The maximum Gasteiger partial charge on any atom is 0.421 e. The van der Waals surface area contributed by atoms with Crippen LogP contribution in [-0.4, -0.2) is 20.9 Å². The molecule has 1 rings (SSSR count). The van der Waals surface area contributed by atoms with Gasteiger partial charge in [-0.2, -0.15) is 18.3 Å². The molecule has 0 aliphatic heterocycles. The Morgan fingerprint density at radius 3 is 2.45 bits per heavy atom. The number of carboxylic acids is 1. The monoisotopic (exact) mass is 312 g/mol. The average Bonchev–Trinajstić information content (AvgIpc) is 2.26. The number of aromatic nitrogens is 2. The molecule has 0 fully saturated rings. The highest BCUT2D eigenvalue weighted by molar-refractivity contribution is 6.29. The predicted molar refractivity (Wildman–Crippen MR) is 64.6 cm³/mol. The van der Waals surface area contributed by atoms with E-state index in [-0.39, 0.29) is 17.0 Å². The van der Waals surface area contributed by atoms with E-state index in [1.54, 1.807) is 13.8 Å². The molecule has 9 heteroatoms. The molecule has 0 saturated carbocycles. The second-order valence-corrected chi connectivity index (χ2v) is 5.00. The maximum absolute atomic E-state index is 12.7. The van der Waals surface area contributed by atoms with Gasteiger partial charge in [-0.25, -0.2) is 9.48 Å². The normalized spacial score (nSPS) is 13.6. The van der Waals surface area contributed by atoms with Gasteiger partial charge in [-0.3, -0.25) is 4.79 Å². The summed E-state index contributed by atoms with van der Waals surface area (Å²) in [7, 11) is 0. The molecule has 0 bridgehead atoms. The third-order valence-electron chi connectivity index (χ3n) is 2.49. The van der Waals surface area contributed by atoms with Crippen LogP contribution < -0.4 is 5.56 Å². The lowest BCUT2D eigenvalue weighted by Gasteiger charge is -2.18. The van der Waals surface area contributed by atoms with Crippen LogP contribution in [0, 0.1) is 5.92 Å². The summed E-state index contributed by atoms with van der Waals surface area (Å²) in [5.74, 6) is -1.60. The van der Waals surface area contributed by atoms with Gasteiger partial charge in [-0.1, -0.05) is 25.4 Å². The molecule has 0 saturated heterocycles. The van der Waals surface area contributed by atoms with Crippen LogP contribution in [-0.2, 0) is 11.0 Å². The van der Waals surface area contributed by atoms with Crippen molar-refractivity contribution in [1.82, 2.24) is 9.78 Å². The lowest BCUT2D eigenvalue weighted by molar-refractivity contribution is -0.144. The predicted octanol–water partition coefficient (Wildman–Crippen LogP) is 2.59. The van der Waals surface area contributed by atoms with E-state index < -0.39 is 34.5 Å². The molecule has 1 aromatic rings. The van der Waals surface area contributed by atoms with Crippen LogP contribution in [0.15, 0.2) is 10.9 Å². The topological polar surface area (TPSA) is 72.2 Å². The number of hydrogen-bond donors (Lipinski definition) is 1. The van der Waals surface area contributed by atoms with E-state index >= 15 is 0 Å². The molecule has 0 radical (unpaired) electrons. The van der Waals surface area contributed by atoms with Crippen LogP contribution in [0.25, 0.3) is 0 Å². The van der Waals surface area contributed by atoms with E-state index in [4.69, 9.17) is 16.7 Å². The van der Waals surface area contributed by atoms with Gasteiger partial charge in [0, 0.05) is 0 Å². The largest absolute Gasteiger partial charge is 0.480 e. The number of halogens is 4. The number of carbonyl (C=O) groups is 1. The highest BCUT2D eigenvalue weighted by atomic mass is 35.5. The first-order valence-electron chi connectivity index (χ1n) is 5.63. The fourth-order valence-corrected chi connectivity index (χ4v) is 1.84. The zero-order valence-electron chi connectivity index (χ0n) is 10.6. The van der Waals surface area contributed by atoms with Crippen molar-refractivity contribution in [3.05, 3.63) is 27.1 Å². The van der Waals surface area contributed by atoms with Crippen LogP contribution in [0.4, 0.5) is 13.2 Å². The van der Waals surface area contributed by atoms with Crippen molar-refractivity contribution in [2.75, 3.05) is 0 Å². The van der Waals surface area contributed by atoms with E-state index in [1.165, 1.54) is 0 Å². The van der Waals surface area contributed by atoms with Crippen molar-refractivity contribution < 1.29 is 23.1 Å². The Morgan fingerprint density at radius 2 is 2.05 bits per heavy atom. The van der Waals surface area contributed by atoms with Crippen molar-refractivity contribution >= 4 is 17.6 Å². The summed E-state index contributed by atoms with van der Waals surface area (Å²) < 4.78 is 38.4. The molecule has 0 aliphatic carbocycles. The second-order valence-electron chi connectivity index (χ2n) is 4.61. The van der Waals surface area contributed by atoms with Gasteiger partial charge in [0.05, 0.1) is 0 Å². The third-order valence-corrected chi connectivity index (χ3v) is 2.67. The van der Waals surface area contributed by atoms with Gasteiger partial charge in [0.25, 0.3) is 5.56 Å². The van der Waals surface area contributed by atoms with Crippen LogP contribution >= 0.6 is 11.6 Å². The quantitative estimate of drug-likeness (QED) is 0.927. The minimum Gasteiger partial charge on any atom is -0.480 e. The number of alkyl halides is 3. The summed E-state index contributed by atoms with van der Waals surface area (Å²) >= 11 is 5.45. The molecule has 0 amide bonds. The van der Waals surface area contributed by atoms with E-state index in [0.29, 0.717) is 6.07 Å². The first-order chi connectivity index (χ1) is 9.04. The summed E-state index contributed by atoms with van der Waals surface area (Å²) in [6, 6.07) is -1.11. The van der Waals surface area contributed by atoms with Gasteiger partial charge in [-0.05, 0) is 18.4 Å². The maximum atomic E-state index is 12.7. The SMILES string of the molecule is CC(C)CC(C(=O)O)n1nc(Cl)cc(C(F)(F)F)c1=O. The lowest BCUT2D eigenvalue weighted by Crippen LogP contribution is -2.36. The van der Waals surface area contributed by atoms with Gasteiger partial charge < -0.3 is 5.11 Å². The number of nitrogens with zero attached hydrogens (tertiary/aromatic N) is 2. The van der Waals surface area contributed by atoms with Gasteiger partial charge in [0.2, 0.25) is 0 Å². The van der Waals surface area contributed by atoms with Gasteiger partial charge in [0.1, 0.15) is 5.56 Å². The van der Waals surface area contributed by atoms with Gasteiger partial charge in [-0.15, -0.1) is 0 Å². The van der Waals surface area contributed by atoms with Crippen molar-refractivity contribution in [3.63, 3.8) is 0 Å². The molecule has 1 N–H and O–H groups in total. The Hall–Kier alpha value is -1.57. The summed E-state index contributed by atoms with van der Waals surface area (Å²) in [5.41, 5.74) is -3.05. The van der Waals surface area contributed by atoms with E-state index in [9.17, 15) is 22.8 Å². The zero-order valence-corrected chi connectivity index (χ0v) is 11.4.